The van der Waals surface area contributed by atoms with Gasteiger partial charge in [-0.1, -0.05) is 0 Å². The van der Waals surface area contributed by atoms with E-state index in [1.165, 1.54) is 12.1 Å². The van der Waals surface area contributed by atoms with Gasteiger partial charge in [0.2, 0.25) is 10.0 Å². The van der Waals surface area contributed by atoms with E-state index in [1.54, 1.807) is 50.4 Å². The van der Waals surface area contributed by atoms with Crippen molar-refractivity contribution in [2.24, 2.45) is 0 Å². The quantitative estimate of drug-likeness (QED) is 0.844. The standard InChI is InChI=1S/C19H25N3O3S2/c1-19(2,3)21-27(24,25)16-8-6-14(7-9-16)18(23)22-11-4-5-15(13-22)17-20-10-12-26-17/h6-10,12,15,21H,4-5,11,13H2,1-3H3. The van der Waals surface area contributed by atoms with Crippen molar-refractivity contribution < 1.29 is 13.2 Å². The molecule has 6 nitrogen and oxygen atoms in total. The Bertz CT molecular complexity index is 885. The molecule has 3 rings (SSSR count). The van der Waals surface area contributed by atoms with Gasteiger partial charge in [0.1, 0.15) is 0 Å². The fraction of sp³-hybridized carbons (Fsp3) is 0.474. The lowest BCUT2D eigenvalue weighted by Gasteiger charge is -2.32. The molecule has 2 aromatic rings. The van der Waals surface area contributed by atoms with E-state index in [-0.39, 0.29) is 16.7 Å². The van der Waals surface area contributed by atoms with Gasteiger partial charge in [-0.2, -0.15) is 0 Å². The van der Waals surface area contributed by atoms with E-state index in [0.29, 0.717) is 18.7 Å². The number of likely N-dealkylation sites (tertiary alicyclic amines) is 1. The average Bonchev–Trinajstić information content (AvgIpc) is 3.14. The zero-order valence-corrected chi connectivity index (χ0v) is 17.4. The number of rotatable bonds is 4. The molecular weight excluding hydrogens is 382 g/mol. The molecule has 1 atom stereocenters. The Kier molecular flexibility index (Phi) is 5.69. The summed E-state index contributed by atoms with van der Waals surface area (Å²) in [4.78, 5) is 19.2. The SMILES string of the molecule is CC(C)(C)NS(=O)(=O)c1ccc(C(=O)N2CCCC(c3nccs3)C2)cc1. The molecule has 1 saturated heterocycles. The van der Waals surface area contributed by atoms with Crippen molar-refractivity contribution in [1.29, 1.82) is 0 Å². The van der Waals surface area contributed by atoms with Gasteiger partial charge < -0.3 is 4.90 Å². The highest BCUT2D eigenvalue weighted by molar-refractivity contribution is 7.89. The molecule has 1 aromatic heterocycles. The number of carbonyl (C=O) groups excluding carboxylic acids is 1. The predicted molar refractivity (Wildman–Crippen MR) is 107 cm³/mol. The Balaban J connectivity index is 1.72. The molecule has 0 radical (unpaired) electrons. The van der Waals surface area contributed by atoms with E-state index >= 15 is 0 Å². The van der Waals surface area contributed by atoms with E-state index < -0.39 is 15.6 Å². The van der Waals surface area contributed by atoms with Crippen molar-refractivity contribution in [2.75, 3.05) is 13.1 Å². The maximum absolute atomic E-state index is 12.8. The molecular formula is C19H25N3O3S2. The highest BCUT2D eigenvalue weighted by Gasteiger charge is 2.27. The van der Waals surface area contributed by atoms with Crippen LogP contribution in [0, 0.1) is 0 Å². The lowest BCUT2D eigenvalue weighted by Crippen LogP contribution is -2.40. The Morgan fingerprint density at radius 1 is 1.26 bits per heavy atom. The first kappa shape index (κ1) is 20.0. The molecule has 1 amide bonds. The minimum atomic E-state index is -3.61. The van der Waals surface area contributed by atoms with Crippen molar-refractivity contribution >= 4 is 27.3 Å². The highest BCUT2D eigenvalue weighted by Crippen LogP contribution is 2.29. The first-order valence-electron chi connectivity index (χ1n) is 8.98. The van der Waals surface area contributed by atoms with Gasteiger partial charge in [-0.05, 0) is 57.9 Å². The molecule has 1 aromatic carbocycles. The third-order valence-electron chi connectivity index (χ3n) is 4.36. The van der Waals surface area contributed by atoms with E-state index in [4.69, 9.17) is 0 Å². The van der Waals surface area contributed by atoms with Gasteiger partial charge in [0.05, 0.1) is 9.90 Å². The first-order valence-corrected chi connectivity index (χ1v) is 11.3. The van der Waals surface area contributed by atoms with Crippen LogP contribution in [-0.2, 0) is 10.0 Å². The number of aromatic nitrogens is 1. The summed E-state index contributed by atoms with van der Waals surface area (Å²) in [5.74, 6) is 0.210. The number of hydrogen-bond acceptors (Lipinski definition) is 5. The lowest BCUT2D eigenvalue weighted by atomic mass is 9.98. The van der Waals surface area contributed by atoms with Crippen LogP contribution in [0.15, 0.2) is 40.7 Å². The van der Waals surface area contributed by atoms with Crippen LogP contribution >= 0.6 is 11.3 Å². The molecule has 1 aliphatic rings. The smallest absolute Gasteiger partial charge is 0.253 e. The first-order chi connectivity index (χ1) is 12.7. The second-order valence-electron chi connectivity index (χ2n) is 7.84. The highest BCUT2D eigenvalue weighted by atomic mass is 32.2. The second-order valence-corrected chi connectivity index (χ2v) is 10.4. The zero-order chi connectivity index (χ0) is 19.7. The Hall–Kier alpha value is -1.77. The van der Waals surface area contributed by atoms with Gasteiger partial charge >= 0.3 is 0 Å². The van der Waals surface area contributed by atoms with Crippen molar-refractivity contribution in [1.82, 2.24) is 14.6 Å². The van der Waals surface area contributed by atoms with Crippen LogP contribution in [0.25, 0.3) is 0 Å². The molecule has 1 N–H and O–H groups in total. The molecule has 146 valence electrons. The van der Waals surface area contributed by atoms with Crippen LogP contribution in [-0.4, -0.2) is 42.8 Å². The topological polar surface area (TPSA) is 79.4 Å². The molecule has 2 heterocycles. The molecule has 0 bridgehead atoms. The molecule has 0 spiro atoms. The van der Waals surface area contributed by atoms with Gasteiger partial charge in [-0.25, -0.2) is 18.1 Å². The van der Waals surface area contributed by atoms with Crippen molar-refractivity contribution in [3.8, 4) is 0 Å². The second kappa shape index (κ2) is 7.69. The fourth-order valence-corrected chi connectivity index (χ4v) is 5.41. The normalized spacial score (nSPS) is 18.5. The number of amides is 1. The van der Waals surface area contributed by atoms with Gasteiger partial charge in [-0.3, -0.25) is 4.79 Å². The van der Waals surface area contributed by atoms with Crippen molar-refractivity contribution in [2.45, 2.75) is 50.0 Å². The van der Waals surface area contributed by atoms with Crippen LogP contribution < -0.4 is 4.72 Å². The summed E-state index contributed by atoms with van der Waals surface area (Å²) in [7, 11) is -3.61. The van der Waals surface area contributed by atoms with E-state index in [1.807, 2.05) is 10.3 Å². The zero-order valence-electron chi connectivity index (χ0n) is 15.8. The number of nitrogens with one attached hydrogen (secondary N) is 1. The molecule has 1 fully saturated rings. The summed E-state index contributed by atoms with van der Waals surface area (Å²) in [5, 5.41) is 3.03. The monoisotopic (exact) mass is 407 g/mol. The maximum atomic E-state index is 12.8. The van der Waals surface area contributed by atoms with Crippen LogP contribution in [0.3, 0.4) is 0 Å². The number of thiazole rings is 1. The van der Waals surface area contributed by atoms with Crippen molar-refractivity contribution in [3.63, 3.8) is 0 Å². The van der Waals surface area contributed by atoms with Gasteiger partial charge in [0.15, 0.2) is 0 Å². The molecule has 1 unspecified atom stereocenters. The number of piperidine rings is 1. The summed E-state index contributed by atoms with van der Waals surface area (Å²) in [5.41, 5.74) is -0.0594. The number of hydrogen-bond donors (Lipinski definition) is 1. The Morgan fingerprint density at radius 2 is 1.96 bits per heavy atom. The fourth-order valence-electron chi connectivity index (χ4n) is 3.22. The van der Waals surface area contributed by atoms with E-state index in [0.717, 1.165) is 17.8 Å². The third kappa shape index (κ3) is 4.94. The number of nitrogens with zero attached hydrogens (tertiary/aromatic N) is 2. The van der Waals surface area contributed by atoms with E-state index in [9.17, 15) is 13.2 Å². The van der Waals surface area contributed by atoms with Crippen LogP contribution in [0.4, 0.5) is 0 Å². The minimum absolute atomic E-state index is 0.0658. The Morgan fingerprint density at radius 3 is 2.56 bits per heavy atom. The van der Waals surface area contributed by atoms with Crippen LogP contribution in [0.5, 0.6) is 0 Å². The lowest BCUT2D eigenvalue weighted by molar-refractivity contribution is 0.0707. The summed E-state index contributed by atoms with van der Waals surface area (Å²) < 4.78 is 27.4. The molecule has 1 aliphatic heterocycles. The van der Waals surface area contributed by atoms with E-state index in [2.05, 4.69) is 9.71 Å². The summed E-state index contributed by atoms with van der Waals surface area (Å²) in [6.07, 6.45) is 3.77. The third-order valence-corrected chi connectivity index (χ3v) is 7.07. The predicted octanol–water partition coefficient (Wildman–Crippen LogP) is 3.24. The average molecular weight is 408 g/mol. The van der Waals surface area contributed by atoms with Crippen LogP contribution in [0.1, 0.15) is 54.9 Å². The minimum Gasteiger partial charge on any atom is -0.338 e. The molecule has 8 heteroatoms. The van der Waals surface area contributed by atoms with Gasteiger partial charge in [0.25, 0.3) is 5.91 Å². The largest absolute Gasteiger partial charge is 0.338 e. The number of sulfonamides is 1. The summed E-state index contributed by atoms with van der Waals surface area (Å²) in [6.45, 7) is 6.73. The van der Waals surface area contributed by atoms with Crippen molar-refractivity contribution in [3.05, 3.63) is 46.4 Å². The summed E-state index contributed by atoms with van der Waals surface area (Å²) in [6, 6.07) is 6.16. The Labute approximate surface area is 164 Å². The van der Waals surface area contributed by atoms with Crippen LogP contribution in [0.2, 0.25) is 0 Å². The number of benzene rings is 1. The summed E-state index contributed by atoms with van der Waals surface area (Å²) >= 11 is 1.63. The number of carbonyl (C=O) groups is 1. The molecule has 0 saturated carbocycles. The maximum Gasteiger partial charge on any atom is 0.253 e. The molecule has 0 aliphatic carbocycles. The molecule has 27 heavy (non-hydrogen) atoms. The van der Waals surface area contributed by atoms with Gasteiger partial charge in [0, 0.05) is 41.7 Å². The van der Waals surface area contributed by atoms with Gasteiger partial charge in [-0.15, -0.1) is 11.3 Å².